The highest BCUT2D eigenvalue weighted by Crippen LogP contribution is 2.31. The molecule has 3 aromatic rings. The molecule has 1 amide bonds. The van der Waals surface area contributed by atoms with E-state index in [1.165, 1.54) is 11.8 Å². The molecule has 1 saturated heterocycles. The van der Waals surface area contributed by atoms with E-state index in [1.807, 2.05) is 43.3 Å². The number of thioether (sulfide) groups is 1. The number of likely N-dealkylation sites (N-methyl/N-ethyl adjacent to an activating group) is 1. The first-order chi connectivity index (χ1) is 14.4. The van der Waals surface area contributed by atoms with Crippen molar-refractivity contribution in [3.8, 4) is 0 Å². The summed E-state index contributed by atoms with van der Waals surface area (Å²) in [4.78, 5) is 24.3. The predicted molar refractivity (Wildman–Crippen MR) is 125 cm³/mol. The molecule has 2 heterocycles. The second kappa shape index (κ2) is 8.63. The molecular weight excluding hydrogens is 418 g/mol. The highest BCUT2D eigenvalue weighted by Gasteiger charge is 2.24. The van der Waals surface area contributed by atoms with Crippen molar-refractivity contribution in [3.05, 3.63) is 63.8 Å². The molecule has 154 valence electrons. The van der Waals surface area contributed by atoms with E-state index >= 15 is 0 Å². The molecule has 1 fully saturated rings. The van der Waals surface area contributed by atoms with Crippen molar-refractivity contribution < 1.29 is 4.79 Å². The summed E-state index contributed by atoms with van der Waals surface area (Å²) in [6.07, 6.45) is 1.88. The Morgan fingerprint density at radius 3 is 2.83 bits per heavy atom. The van der Waals surface area contributed by atoms with Crippen LogP contribution in [0.4, 0.5) is 5.69 Å². The zero-order chi connectivity index (χ0) is 21.3. The van der Waals surface area contributed by atoms with Crippen molar-refractivity contribution >= 4 is 57.2 Å². The number of imidazole rings is 1. The van der Waals surface area contributed by atoms with Crippen LogP contribution in [-0.2, 0) is 11.3 Å². The standard InChI is InChI=1S/C22H22ClN5OS/c1-14-24-18-9-8-15(12-19(18)28(14)11-10-27(2)3)13-20-21(29)26-22(30-20)25-17-7-5-4-6-16(17)23/h4-9,12-13H,10-11H2,1-3H3,(H,25,26,29)/b20-13+. The second-order valence-corrected chi connectivity index (χ2v) is 8.73. The Hall–Kier alpha value is -2.61. The molecule has 0 bridgehead atoms. The average Bonchev–Trinajstić information content (AvgIpc) is 3.20. The van der Waals surface area contributed by atoms with Gasteiger partial charge in [-0.2, -0.15) is 0 Å². The molecule has 0 unspecified atom stereocenters. The van der Waals surface area contributed by atoms with E-state index in [9.17, 15) is 4.79 Å². The number of hydrogen-bond donors (Lipinski definition) is 1. The fourth-order valence-electron chi connectivity index (χ4n) is 3.22. The third-order valence-corrected chi connectivity index (χ3v) is 5.99. The SMILES string of the molecule is Cc1nc2ccc(/C=C3/SC(=Nc4ccccc4Cl)NC3=O)cc2n1CCN(C)C. The van der Waals surface area contributed by atoms with Crippen molar-refractivity contribution in [1.82, 2.24) is 19.8 Å². The lowest BCUT2D eigenvalue weighted by Gasteiger charge is -2.12. The van der Waals surface area contributed by atoms with Gasteiger partial charge in [0.25, 0.3) is 5.91 Å². The van der Waals surface area contributed by atoms with Crippen LogP contribution in [0.3, 0.4) is 0 Å². The number of amidine groups is 1. The minimum Gasteiger partial charge on any atom is -0.327 e. The zero-order valence-corrected chi connectivity index (χ0v) is 18.6. The van der Waals surface area contributed by atoms with Gasteiger partial charge in [-0.1, -0.05) is 29.8 Å². The summed E-state index contributed by atoms with van der Waals surface area (Å²) in [5, 5.41) is 3.88. The van der Waals surface area contributed by atoms with Gasteiger partial charge in [-0.15, -0.1) is 0 Å². The van der Waals surface area contributed by atoms with Crippen LogP contribution in [0.1, 0.15) is 11.4 Å². The topological polar surface area (TPSA) is 62.5 Å². The predicted octanol–water partition coefficient (Wildman–Crippen LogP) is 4.45. The maximum absolute atomic E-state index is 12.4. The van der Waals surface area contributed by atoms with Crippen LogP contribution >= 0.6 is 23.4 Å². The van der Waals surface area contributed by atoms with E-state index in [0.29, 0.717) is 20.8 Å². The molecule has 1 aliphatic heterocycles. The molecule has 0 atom stereocenters. The largest absolute Gasteiger partial charge is 0.327 e. The van der Waals surface area contributed by atoms with Crippen molar-refractivity contribution in [2.45, 2.75) is 13.5 Å². The van der Waals surface area contributed by atoms with E-state index < -0.39 is 0 Å². The number of carbonyl (C=O) groups is 1. The number of aryl methyl sites for hydroxylation is 1. The summed E-state index contributed by atoms with van der Waals surface area (Å²) in [5.41, 5.74) is 3.60. The van der Waals surface area contributed by atoms with Gasteiger partial charge in [-0.3, -0.25) is 4.79 Å². The summed E-state index contributed by atoms with van der Waals surface area (Å²) in [7, 11) is 4.12. The third-order valence-electron chi connectivity index (χ3n) is 4.76. The Balaban J connectivity index is 1.62. The number of para-hydroxylation sites is 1. The minimum absolute atomic E-state index is 0.164. The Morgan fingerprint density at radius 1 is 1.27 bits per heavy atom. The van der Waals surface area contributed by atoms with Crippen LogP contribution in [-0.4, -0.2) is 46.2 Å². The third kappa shape index (κ3) is 4.43. The monoisotopic (exact) mass is 439 g/mol. The molecule has 6 nitrogen and oxygen atoms in total. The summed E-state index contributed by atoms with van der Waals surface area (Å²) in [6.45, 7) is 3.81. The van der Waals surface area contributed by atoms with Gasteiger partial charge < -0.3 is 14.8 Å². The first-order valence-electron chi connectivity index (χ1n) is 9.56. The lowest BCUT2D eigenvalue weighted by molar-refractivity contribution is -0.115. The van der Waals surface area contributed by atoms with Crippen LogP contribution in [0.25, 0.3) is 17.1 Å². The van der Waals surface area contributed by atoms with Gasteiger partial charge >= 0.3 is 0 Å². The van der Waals surface area contributed by atoms with Gasteiger partial charge in [0, 0.05) is 13.1 Å². The van der Waals surface area contributed by atoms with Gasteiger partial charge in [0.05, 0.1) is 26.6 Å². The van der Waals surface area contributed by atoms with Gasteiger partial charge in [0.1, 0.15) is 5.82 Å². The van der Waals surface area contributed by atoms with Gasteiger partial charge in [-0.05, 0) is 68.7 Å². The van der Waals surface area contributed by atoms with Gasteiger partial charge in [0.15, 0.2) is 5.17 Å². The molecule has 1 aromatic heterocycles. The van der Waals surface area contributed by atoms with Crippen LogP contribution < -0.4 is 5.32 Å². The number of rotatable bonds is 5. The number of hydrogen-bond acceptors (Lipinski definition) is 5. The molecule has 30 heavy (non-hydrogen) atoms. The molecule has 0 spiro atoms. The number of nitrogens with one attached hydrogen (secondary N) is 1. The second-order valence-electron chi connectivity index (χ2n) is 7.30. The Labute approximate surface area is 184 Å². The fraction of sp³-hybridized carbons (Fsp3) is 0.227. The molecule has 0 aliphatic carbocycles. The smallest absolute Gasteiger partial charge is 0.264 e. The molecule has 1 N–H and O–H groups in total. The van der Waals surface area contributed by atoms with E-state index in [4.69, 9.17) is 11.6 Å². The van der Waals surface area contributed by atoms with E-state index in [-0.39, 0.29) is 5.91 Å². The molecule has 4 rings (SSSR count). The highest BCUT2D eigenvalue weighted by atomic mass is 35.5. The zero-order valence-electron chi connectivity index (χ0n) is 17.0. The lowest BCUT2D eigenvalue weighted by Crippen LogP contribution is -2.19. The molecule has 2 aromatic carbocycles. The van der Waals surface area contributed by atoms with Crippen LogP contribution in [0, 0.1) is 6.92 Å². The maximum Gasteiger partial charge on any atom is 0.264 e. The quantitative estimate of drug-likeness (QED) is 0.596. The number of fused-ring (bicyclic) bond motifs is 1. The summed E-state index contributed by atoms with van der Waals surface area (Å²) >= 11 is 7.48. The average molecular weight is 440 g/mol. The number of halogens is 1. The molecular formula is C22H22ClN5OS. The normalized spacial score (nSPS) is 16.9. The number of aliphatic imine (C=N–C) groups is 1. The van der Waals surface area contributed by atoms with E-state index in [1.54, 1.807) is 6.07 Å². The van der Waals surface area contributed by atoms with Crippen molar-refractivity contribution in [2.24, 2.45) is 4.99 Å². The number of amides is 1. The maximum atomic E-state index is 12.4. The van der Waals surface area contributed by atoms with Crippen molar-refractivity contribution in [2.75, 3.05) is 20.6 Å². The summed E-state index contributed by atoms with van der Waals surface area (Å²) < 4.78 is 2.21. The van der Waals surface area contributed by atoms with Crippen LogP contribution in [0.5, 0.6) is 0 Å². The fourth-order valence-corrected chi connectivity index (χ4v) is 4.23. The highest BCUT2D eigenvalue weighted by molar-refractivity contribution is 8.18. The van der Waals surface area contributed by atoms with E-state index in [2.05, 4.69) is 44.9 Å². The van der Waals surface area contributed by atoms with Crippen molar-refractivity contribution in [3.63, 3.8) is 0 Å². The van der Waals surface area contributed by atoms with E-state index in [0.717, 1.165) is 35.5 Å². The first kappa shape index (κ1) is 20.7. The first-order valence-corrected chi connectivity index (χ1v) is 10.8. The Bertz CT molecular complexity index is 1180. The number of benzene rings is 2. The van der Waals surface area contributed by atoms with Crippen molar-refractivity contribution in [1.29, 1.82) is 0 Å². The Morgan fingerprint density at radius 2 is 2.07 bits per heavy atom. The van der Waals surface area contributed by atoms with Gasteiger partial charge in [0.2, 0.25) is 0 Å². The number of nitrogens with zero attached hydrogens (tertiary/aromatic N) is 4. The van der Waals surface area contributed by atoms with Crippen LogP contribution in [0.2, 0.25) is 5.02 Å². The molecule has 8 heteroatoms. The number of carbonyl (C=O) groups excluding carboxylic acids is 1. The summed E-state index contributed by atoms with van der Waals surface area (Å²) in [5.74, 6) is 0.821. The summed E-state index contributed by atoms with van der Waals surface area (Å²) in [6, 6.07) is 13.4. The molecule has 0 saturated carbocycles. The molecule has 0 radical (unpaired) electrons. The minimum atomic E-state index is -0.164. The molecule has 1 aliphatic rings. The van der Waals surface area contributed by atoms with Gasteiger partial charge in [-0.25, -0.2) is 9.98 Å². The number of aromatic nitrogens is 2. The van der Waals surface area contributed by atoms with Crippen LogP contribution in [0.15, 0.2) is 52.4 Å². The Kier molecular flexibility index (Phi) is 5.94. The lowest BCUT2D eigenvalue weighted by atomic mass is 10.2.